The fourth-order valence-corrected chi connectivity index (χ4v) is 8.49. The first kappa shape index (κ1) is 18.2. The summed E-state index contributed by atoms with van der Waals surface area (Å²) in [5.41, 5.74) is 0.0917. The number of rotatable bonds is 1. The van der Waals surface area contributed by atoms with E-state index in [0.29, 0.717) is 17.8 Å². The number of aliphatic hydroxyl groups excluding tert-OH is 1. The normalized spacial score (nSPS) is 55.0. The average molecular weight is 411 g/mol. The number of hydrogen-bond donors (Lipinski definition) is 2. The minimum atomic E-state index is -1.24. The zero-order valence-corrected chi connectivity index (χ0v) is 17.2. The lowest BCUT2D eigenvalue weighted by molar-refractivity contribution is -0.158. The molecule has 4 aliphatic carbocycles. The van der Waals surface area contributed by atoms with Gasteiger partial charge in [-0.3, -0.25) is 4.79 Å². The highest BCUT2D eigenvalue weighted by atomic mass is 79.9. The van der Waals surface area contributed by atoms with Crippen molar-refractivity contribution >= 4 is 21.7 Å². The maximum atomic E-state index is 12.4. The zero-order chi connectivity index (χ0) is 18.2. The van der Waals surface area contributed by atoms with Crippen molar-refractivity contribution in [1.29, 1.82) is 0 Å². The van der Waals surface area contributed by atoms with Crippen LogP contribution in [0.15, 0.2) is 11.6 Å². The molecule has 0 aromatic heterocycles. The van der Waals surface area contributed by atoms with Gasteiger partial charge in [-0.15, -0.1) is 0 Å². The Balaban J connectivity index is 1.72. The van der Waals surface area contributed by atoms with Crippen LogP contribution >= 0.6 is 15.9 Å². The summed E-state index contributed by atoms with van der Waals surface area (Å²) in [5.74, 6) is 1.45. The summed E-state index contributed by atoms with van der Waals surface area (Å²) in [5, 5.41) is 21.5. The number of halogens is 1. The Morgan fingerprint density at radius 2 is 1.96 bits per heavy atom. The van der Waals surface area contributed by atoms with Crippen LogP contribution in [0.3, 0.4) is 0 Å². The molecule has 4 rings (SSSR count). The average Bonchev–Trinajstić information content (AvgIpc) is 2.77. The van der Waals surface area contributed by atoms with E-state index in [-0.39, 0.29) is 27.5 Å². The summed E-state index contributed by atoms with van der Waals surface area (Å²) in [6, 6.07) is 0. The Morgan fingerprint density at radius 1 is 1.24 bits per heavy atom. The lowest BCUT2D eigenvalue weighted by Crippen LogP contribution is -2.58. The summed E-state index contributed by atoms with van der Waals surface area (Å²) in [4.78, 5) is 12.3. The molecule has 4 aliphatic rings. The van der Waals surface area contributed by atoms with Gasteiger partial charge in [0, 0.05) is 5.41 Å². The Bertz CT molecular complexity index is 631. The van der Waals surface area contributed by atoms with Crippen molar-refractivity contribution < 1.29 is 15.0 Å². The number of carbonyl (C=O) groups is 1. The second-order valence-electron chi connectivity index (χ2n) is 9.64. The largest absolute Gasteiger partial charge is 0.393 e. The predicted molar refractivity (Wildman–Crippen MR) is 101 cm³/mol. The molecule has 2 N–H and O–H groups in total. The van der Waals surface area contributed by atoms with Crippen LogP contribution in [0.1, 0.15) is 65.7 Å². The maximum absolute atomic E-state index is 12.4. The summed E-state index contributed by atoms with van der Waals surface area (Å²) in [6.45, 7) is 6.11. The SMILES string of the molecule is CC(=O)[C@@]1(O)[C@@H](Br)CC2C3CC=C4CC(O)CCC4(C)C3CCC21C. The molecule has 8 atom stereocenters. The molecule has 0 heterocycles. The van der Waals surface area contributed by atoms with Crippen LogP contribution in [0.25, 0.3) is 0 Å². The molecule has 4 heteroatoms. The summed E-state index contributed by atoms with van der Waals surface area (Å²) >= 11 is 3.67. The lowest BCUT2D eigenvalue weighted by Gasteiger charge is -2.58. The molecule has 3 nitrogen and oxygen atoms in total. The molecule has 0 bridgehead atoms. The fourth-order valence-electron chi connectivity index (χ4n) is 7.24. The second-order valence-corrected chi connectivity index (χ2v) is 10.7. The molecular weight excluding hydrogens is 380 g/mol. The molecular formula is C21H31BrO3. The van der Waals surface area contributed by atoms with Gasteiger partial charge in [-0.05, 0) is 75.0 Å². The van der Waals surface area contributed by atoms with E-state index in [4.69, 9.17) is 0 Å². The quantitative estimate of drug-likeness (QED) is 0.507. The fraction of sp³-hybridized carbons (Fsp3) is 0.857. The first-order valence-corrected chi connectivity index (χ1v) is 10.8. The number of carbonyl (C=O) groups excluding carboxylic acids is 1. The molecule has 0 spiro atoms. The highest BCUT2D eigenvalue weighted by Crippen LogP contribution is 2.68. The standard InChI is InChI=1S/C21H31BrO3/c1-12(23)21(25)18(22)11-17-15-5-4-13-10-14(24)6-8-19(13,2)16(15)7-9-20(17,21)3/h4,14-18,24-25H,5-11H2,1-3H3/t14?,15?,16?,17?,18-,19?,20?,21+/m0/s1. The van der Waals surface area contributed by atoms with E-state index >= 15 is 0 Å². The number of alkyl halides is 1. The van der Waals surface area contributed by atoms with Crippen LogP contribution in [0.2, 0.25) is 0 Å². The third kappa shape index (κ3) is 2.20. The molecule has 3 saturated carbocycles. The smallest absolute Gasteiger partial charge is 0.163 e. The van der Waals surface area contributed by atoms with Gasteiger partial charge in [0.1, 0.15) is 5.60 Å². The van der Waals surface area contributed by atoms with Crippen molar-refractivity contribution in [2.24, 2.45) is 28.6 Å². The monoisotopic (exact) mass is 410 g/mol. The van der Waals surface area contributed by atoms with Gasteiger partial charge in [-0.1, -0.05) is 41.4 Å². The molecule has 0 aromatic rings. The van der Waals surface area contributed by atoms with E-state index in [2.05, 4.69) is 35.9 Å². The van der Waals surface area contributed by atoms with Gasteiger partial charge in [0.05, 0.1) is 10.9 Å². The molecule has 0 saturated heterocycles. The first-order valence-electron chi connectivity index (χ1n) is 9.89. The van der Waals surface area contributed by atoms with E-state index in [9.17, 15) is 15.0 Å². The van der Waals surface area contributed by atoms with Crippen LogP contribution in [0.4, 0.5) is 0 Å². The zero-order valence-electron chi connectivity index (χ0n) is 15.6. The van der Waals surface area contributed by atoms with Crippen LogP contribution in [0.5, 0.6) is 0 Å². The molecule has 0 amide bonds. The third-order valence-electron chi connectivity index (χ3n) is 8.79. The molecule has 0 radical (unpaired) electrons. The van der Waals surface area contributed by atoms with Crippen molar-refractivity contribution in [3.05, 3.63) is 11.6 Å². The van der Waals surface area contributed by atoms with Gasteiger partial charge in [-0.25, -0.2) is 0 Å². The van der Waals surface area contributed by atoms with Gasteiger partial charge in [-0.2, -0.15) is 0 Å². The van der Waals surface area contributed by atoms with Crippen molar-refractivity contribution in [2.45, 2.75) is 82.2 Å². The summed E-state index contributed by atoms with van der Waals surface area (Å²) < 4.78 is 0. The lowest BCUT2D eigenvalue weighted by atomic mass is 9.47. The van der Waals surface area contributed by atoms with Crippen molar-refractivity contribution in [1.82, 2.24) is 0 Å². The highest BCUT2D eigenvalue weighted by molar-refractivity contribution is 9.09. The Kier molecular flexibility index (Phi) is 4.11. The first-order chi connectivity index (χ1) is 11.6. The number of allylic oxidation sites excluding steroid dienone is 1. The number of fused-ring (bicyclic) bond motifs is 5. The predicted octanol–water partition coefficient (Wildman–Crippen LogP) is 4.00. The second kappa shape index (κ2) is 5.65. The van der Waals surface area contributed by atoms with Gasteiger partial charge in [0.15, 0.2) is 5.78 Å². The Hall–Kier alpha value is -0.190. The summed E-state index contributed by atoms with van der Waals surface area (Å²) in [7, 11) is 0. The number of ketones is 1. The van der Waals surface area contributed by atoms with E-state index in [1.54, 1.807) is 6.92 Å². The molecule has 3 fully saturated rings. The number of Topliss-reactive ketones (excluding diaryl/α,β-unsaturated/α-hetero) is 1. The van der Waals surface area contributed by atoms with Crippen LogP contribution < -0.4 is 0 Å². The maximum Gasteiger partial charge on any atom is 0.163 e. The van der Waals surface area contributed by atoms with E-state index in [1.807, 2.05) is 0 Å². The highest BCUT2D eigenvalue weighted by Gasteiger charge is 2.68. The Morgan fingerprint density at radius 3 is 2.64 bits per heavy atom. The summed E-state index contributed by atoms with van der Waals surface area (Å²) in [6.07, 6.45) is 8.94. The number of aliphatic hydroxyl groups is 2. The molecule has 140 valence electrons. The van der Waals surface area contributed by atoms with Gasteiger partial charge in [0.25, 0.3) is 0 Å². The van der Waals surface area contributed by atoms with Gasteiger partial charge >= 0.3 is 0 Å². The van der Waals surface area contributed by atoms with E-state index in [0.717, 1.165) is 44.9 Å². The molecule has 0 aromatic carbocycles. The van der Waals surface area contributed by atoms with Crippen molar-refractivity contribution in [2.75, 3.05) is 0 Å². The van der Waals surface area contributed by atoms with Crippen molar-refractivity contribution in [3.63, 3.8) is 0 Å². The molecule has 25 heavy (non-hydrogen) atoms. The topological polar surface area (TPSA) is 57.5 Å². The van der Waals surface area contributed by atoms with Gasteiger partial charge in [0.2, 0.25) is 0 Å². The van der Waals surface area contributed by atoms with E-state index in [1.165, 1.54) is 5.57 Å². The number of hydrogen-bond acceptors (Lipinski definition) is 3. The van der Waals surface area contributed by atoms with Crippen LogP contribution in [-0.4, -0.2) is 32.5 Å². The Labute approximate surface area is 159 Å². The van der Waals surface area contributed by atoms with E-state index < -0.39 is 5.60 Å². The third-order valence-corrected chi connectivity index (χ3v) is 9.83. The van der Waals surface area contributed by atoms with Gasteiger partial charge < -0.3 is 10.2 Å². The minimum absolute atomic E-state index is 0.0862. The van der Waals surface area contributed by atoms with Crippen LogP contribution in [0, 0.1) is 28.6 Å². The minimum Gasteiger partial charge on any atom is -0.393 e. The molecule has 0 aliphatic heterocycles. The van der Waals surface area contributed by atoms with Crippen LogP contribution in [-0.2, 0) is 4.79 Å². The molecule has 6 unspecified atom stereocenters. The van der Waals surface area contributed by atoms with Crippen molar-refractivity contribution in [3.8, 4) is 0 Å².